The summed E-state index contributed by atoms with van der Waals surface area (Å²) in [6.45, 7) is -0.556. The van der Waals surface area contributed by atoms with Gasteiger partial charge in [-0.25, -0.2) is 5.43 Å². The lowest BCUT2D eigenvalue weighted by Crippen LogP contribution is -2.20. The second kappa shape index (κ2) is 4.58. The molecule has 1 aromatic rings. The molecule has 0 aliphatic heterocycles. The van der Waals surface area contributed by atoms with Crippen molar-refractivity contribution < 1.29 is 9.90 Å². The van der Waals surface area contributed by atoms with Crippen LogP contribution in [0.1, 0.15) is 4.88 Å². The highest BCUT2D eigenvalue weighted by atomic mass is 32.1. The summed E-state index contributed by atoms with van der Waals surface area (Å²) >= 11 is 1.41. The van der Waals surface area contributed by atoms with Crippen LogP contribution in [0.4, 0.5) is 0 Å². The first-order valence-electron chi connectivity index (χ1n) is 3.14. The third-order valence-electron chi connectivity index (χ3n) is 0.976. The van der Waals surface area contributed by atoms with Crippen molar-refractivity contribution >= 4 is 23.5 Å². The predicted molar refractivity (Wildman–Crippen MR) is 44.9 cm³/mol. The highest BCUT2D eigenvalue weighted by Gasteiger charge is 1.92. The minimum Gasteiger partial charge on any atom is -0.386 e. The van der Waals surface area contributed by atoms with Crippen molar-refractivity contribution in [3.63, 3.8) is 0 Å². The van der Waals surface area contributed by atoms with Gasteiger partial charge in [-0.1, -0.05) is 0 Å². The van der Waals surface area contributed by atoms with Crippen molar-refractivity contribution in [1.82, 2.24) is 10.4 Å². The molecule has 0 aliphatic rings. The molecule has 0 unspecified atom stereocenters. The molecule has 0 atom stereocenters. The van der Waals surface area contributed by atoms with Gasteiger partial charge in [-0.2, -0.15) is 5.10 Å². The van der Waals surface area contributed by atoms with Gasteiger partial charge in [-0.15, -0.1) is 11.3 Å². The van der Waals surface area contributed by atoms with Gasteiger partial charge in [0.15, 0.2) is 0 Å². The SMILES string of the molecule is O=C(CO)N/N=C/c1cncs1. The van der Waals surface area contributed by atoms with E-state index in [1.165, 1.54) is 17.6 Å². The Balaban J connectivity index is 2.37. The van der Waals surface area contributed by atoms with Crippen molar-refractivity contribution in [1.29, 1.82) is 0 Å². The van der Waals surface area contributed by atoms with Gasteiger partial charge in [-0.3, -0.25) is 9.78 Å². The Morgan fingerprint density at radius 3 is 3.33 bits per heavy atom. The molecular weight excluding hydrogens is 178 g/mol. The number of aliphatic hydroxyl groups excluding tert-OH is 1. The predicted octanol–water partition coefficient (Wildman–Crippen LogP) is -0.415. The topological polar surface area (TPSA) is 74.6 Å². The van der Waals surface area contributed by atoms with E-state index in [0.717, 1.165) is 4.88 Å². The number of rotatable bonds is 3. The van der Waals surface area contributed by atoms with Gasteiger partial charge in [0.2, 0.25) is 0 Å². The summed E-state index contributed by atoms with van der Waals surface area (Å²) in [4.78, 5) is 15.1. The zero-order valence-electron chi connectivity index (χ0n) is 6.10. The average Bonchev–Trinajstić information content (AvgIpc) is 2.57. The fourth-order valence-corrected chi connectivity index (χ4v) is 0.971. The number of hydrogen-bond donors (Lipinski definition) is 2. The van der Waals surface area contributed by atoms with Gasteiger partial charge < -0.3 is 5.11 Å². The van der Waals surface area contributed by atoms with E-state index in [0.29, 0.717) is 0 Å². The minimum atomic E-state index is -0.556. The van der Waals surface area contributed by atoms with Gasteiger partial charge in [0.05, 0.1) is 16.6 Å². The summed E-state index contributed by atoms with van der Waals surface area (Å²) in [5.41, 5.74) is 3.79. The number of thiazole rings is 1. The molecule has 0 fully saturated rings. The first kappa shape index (κ1) is 8.82. The number of hydrogen-bond acceptors (Lipinski definition) is 5. The highest BCUT2D eigenvalue weighted by molar-refractivity contribution is 7.11. The third kappa shape index (κ3) is 2.77. The van der Waals surface area contributed by atoms with Gasteiger partial charge in [0.25, 0.3) is 5.91 Å². The Kier molecular flexibility index (Phi) is 3.36. The minimum absolute atomic E-state index is 0.532. The molecule has 1 amide bonds. The number of aliphatic hydroxyl groups is 1. The lowest BCUT2D eigenvalue weighted by atomic mass is 10.6. The van der Waals surface area contributed by atoms with E-state index in [2.05, 4.69) is 15.5 Å². The summed E-state index contributed by atoms with van der Waals surface area (Å²) < 4.78 is 0. The Labute approximate surface area is 72.8 Å². The molecule has 1 rings (SSSR count). The number of carbonyl (C=O) groups excluding carboxylic acids is 1. The standard InChI is InChI=1S/C6H7N3O2S/c10-3-6(11)9-8-2-5-1-7-4-12-5/h1-2,4,10H,3H2,(H,9,11)/b8-2+. The number of nitrogens with zero attached hydrogens (tertiary/aromatic N) is 2. The fraction of sp³-hybridized carbons (Fsp3) is 0.167. The molecular formula is C6H7N3O2S. The van der Waals surface area contributed by atoms with E-state index in [9.17, 15) is 4.79 Å². The molecule has 6 heteroatoms. The summed E-state index contributed by atoms with van der Waals surface area (Å²) in [5, 5.41) is 11.9. The maximum atomic E-state index is 10.5. The summed E-state index contributed by atoms with van der Waals surface area (Å²) in [6.07, 6.45) is 3.09. The maximum absolute atomic E-state index is 10.5. The Morgan fingerprint density at radius 1 is 1.92 bits per heavy atom. The van der Waals surface area contributed by atoms with Gasteiger partial charge in [0, 0.05) is 6.20 Å². The monoisotopic (exact) mass is 185 g/mol. The lowest BCUT2D eigenvalue weighted by Gasteiger charge is -1.91. The normalized spacial score (nSPS) is 10.4. The molecule has 0 spiro atoms. The van der Waals surface area contributed by atoms with Crippen LogP contribution in [0, 0.1) is 0 Å². The van der Waals surface area contributed by atoms with Crippen molar-refractivity contribution in [3.05, 3.63) is 16.6 Å². The fourth-order valence-electron chi connectivity index (χ4n) is 0.493. The third-order valence-corrected chi connectivity index (χ3v) is 1.69. The lowest BCUT2D eigenvalue weighted by molar-refractivity contribution is -0.123. The number of carbonyl (C=O) groups is 1. The molecule has 5 nitrogen and oxygen atoms in total. The summed E-state index contributed by atoms with van der Waals surface area (Å²) in [6, 6.07) is 0. The summed E-state index contributed by atoms with van der Waals surface area (Å²) in [7, 11) is 0. The molecule has 64 valence electrons. The van der Waals surface area contributed by atoms with Gasteiger partial charge >= 0.3 is 0 Å². The molecule has 1 heterocycles. The molecule has 1 aromatic heterocycles. The highest BCUT2D eigenvalue weighted by Crippen LogP contribution is 2.00. The Morgan fingerprint density at radius 2 is 2.75 bits per heavy atom. The first-order chi connectivity index (χ1) is 5.83. The van der Waals surface area contributed by atoms with Crippen LogP contribution in [0.25, 0.3) is 0 Å². The van der Waals surface area contributed by atoms with E-state index in [4.69, 9.17) is 5.11 Å². The molecule has 0 aliphatic carbocycles. The van der Waals surface area contributed by atoms with Crippen molar-refractivity contribution in [2.75, 3.05) is 6.61 Å². The molecule has 2 N–H and O–H groups in total. The molecule has 0 bridgehead atoms. The Bertz CT molecular complexity index is 270. The van der Waals surface area contributed by atoms with E-state index < -0.39 is 12.5 Å². The van der Waals surface area contributed by atoms with Crippen molar-refractivity contribution in [2.24, 2.45) is 5.10 Å². The van der Waals surface area contributed by atoms with E-state index in [-0.39, 0.29) is 0 Å². The molecule has 0 aromatic carbocycles. The van der Waals surface area contributed by atoms with Gasteiger partial charge in [0.1, 0.15) is 6.61 Å². The van der Waals surface area contributed by atoms with Crippen LogP contribution in [0.3, 0.4) is 0 Å². The molecule has 0 saturated carbocycles. The molecule has 0 radical (unpaired) electrons. The number of amides is 1. The van der Waals surface area contributed by atoms with Gasteiger partial charge in [-0.05, 0) is 0 Å². The van der Waals surface area contributed by atoms with Crippen molar-refractivity contribution in [3.8, 4) is 0 Å². The van der Waals surface area contributed by atoms with Crippen LogP contribution in [0.15, 0.2) is 16.8 Å². The van der Waals surface area contributed by atoms with E-state index in [1.54, 1.807) is 11.7 Å². The largest absolute Gasteiger partial charge is 0.386 e. The number of aromatic nitrogens is 1. The number of nitrogens with one attached hydrogen (secondary N) is 1. The summed E-state index contributed by atoms with van der Waals surface area (Å²) in [5.74, 6) is -0.532. The second-order valence-corrected chi connectivity index (χ2v) is 2.77. The molecule has 12 heavy (non-hydrogen) atoms. The quantitative estimate of drug-likeness (QED) is 0.496. The van der Waals surface area contributed by atoms with Crippen molar-refractivity contribution in [2.45, 2.75) is 0 Å². The smallest absolute Gasteiger partial charge is 0.265 e. The molecule has 0 saturated heterocycles. The average molecular weight is 185 g/mol. The zero-order chi connectivity index (χ0) is 8.81. The van der Waals surface area contributed by atoms with Crippen LogP contribution in [-0.4, -0.2) is 28.8 Å². The van der Waals surface area contributed by atoms with Crippen LogP contribution in [0.5, 0.6) is 0 Å². The zero-order valence-corrected chi connectivity index (χ0v) is 6.91. The first-order valence-corrected chi connectivity index (χ1v) is 4.02. The Hall–Kier alpha value is -1.27. The van der Waals surface area contributed by atoms with Crippen LogP contribution >= 0.6 is 11.3 Å². The van der Waals surface area contributed by atoms with Crippen LogP contribution < -0.4 is 5.43 Å². The van der Waals surface area contributed by atoms with E-state index in [1.807, 2.05) is 0 Å². The maximum Gasteiger partial charge on any atom is 0.265 e. The second-order valence-electron chi connectivity index (χ2n) is 1.86. The number of hydrazone groups is 1. The van der Waals surface area contributed by atoms with E-state index >= 15 is 0 Å². The van der Waals surface area contributed by atoms with Crippen LogP contribution in [-0.2, 0) is 4.79 Å². The van der Waals surface area contributed by atoms with Crippen LogP contribution in [0.2, 0.25) is 0 Å².